The summed E-state index contributed by atoms with van der Waals surface area (Å²) in [6.45, 7) is 0. The number of rotatable bonds is 2. The first-order valence-corrected chi connectivity index (χ1v) is 5.57. The molecule has 17 heavy (non-hydrogen) atoms. The molecule has 0 saturated carbocycles. The van der Waals surface area contributed by atoms with Gasteiger partial charge in [-0.25, -0.2) is 0 Å². The smallest absolute Gasteiger partial charge is 0.182 e. The molecule has 0 aromatic heterocycles. The van der Waals surface area contributed by atoms with Gasteiger partial charge in [0.1, 0.15) is 0 Å². The van der Waals surface area contributed by atoms with Crippen LogP contribution in [-0.2, 0) is 9.47 Å². The molecule has 2 heterocycles. The third kappa shape index (κ3) is 1.40. The third-order valence-corrected chi connectivity index (χ3v) is 3.28. The second-order valence-corrected chi connectivity index (χ2v) is 4.11. The van der Waals surface area contributed by atoms with Gasteiger partial charge in [0, 0.05) is 17.8 Å². The molecular formula is C13H14N2O2. The Kier molecular flexibility index (Phi) is 2.28. The molecule has 0 aromatic rings. The van der Waals surface area contributed by atoms with Gasteiger partial charge < -0.3 is 14.8 Å². The Morgan fingerprint density at radius 3 is 2.94 bits per heavy atom. The second-order valence-electron chi connectivity index (χ2n) is 4.11. The monoisotopic (exact) mass is 230 g/mol. The fourth-order valence-electron chi connectivity index (χ4n) is 2.52. The molecule has 0 bridgehead atoms. The first-order chi connectivity index (χ1) is 8.35. The van der Waals surface area contributed by atoms with E-state index in [9.17, 15) is 0 Å². The van der Waals surface area contributed by atoms with Crippen molar-refractivity contribution in [3.05, 3.63) is 47.3 Å². The van der Waals surface area contributed by atoms with Gasteiger partial charge in [0.25, 0.3) is 0 Å². The van der Waals surface area contributed by atoms with Crippen molar-refractivity contribution >= 4 is 6.21 Å². The molecule has 1 N–H and O–H groups in total. The quantitative estimate of drug-likeness (QED) is 0.785. The zero-order chi connectivity index (χ0) is 11.8. The summed E-state index contributed by atoms with van der Waals surface area (Å²) < 4.78 is 10.8. The molecule has 3 aliphatic rings. The van der Waals surface area contributed by atoms with Gasteiger partial charge in [-0.1, -0.05) is 6.08 Å². The first kappa shape index (κ1) is 10.2. The van der Waals surface area contributed by atoms with Crippen LogP contribution in [0, 0.1) is 11.8 Å². The molecule has 0 fully saturated rings. The minimum absolute atomic E-state index is 0.221. The van der Waals surface area contributed by atoms with Crippen LogP contribution in [0.5, 0.6) is 0 Å². The lowest BCUT2D eigenvalue weighted by molar-refractivity contribution is 0.204. The SMILES string of the molecule is COC1=CC2C=CNC3=CC=NC(=C1OC)C32. The van der Waals surface area contributed by atoms with Crippen LogP contribution in [0.15, 0.2) is 52.3 Å². The van der Waals surface area contributed by atoms with E-state index in [1.807, 2.05) is 12.3 Å². The minimum Gasteiger partial charge on any atom is -0.493 e. The van der Waals surface area contributed by atoms with E-state index in [0.717, 1.165) is 22.9 Å². The van der Waals surface area contributed by atoms with Crippen molar-refractivity contribution in [3.8, 4) is 0 Å². The summed E-state index contributed by atoms with van der Waals surface area (Å²) >= 11 is 0. The molecule has 0 radical (unpaired) electrons. The maximum Gasteiger partial charge on any atom is 0.182 e. The van der Waals surface area contributed by atoms with Gasteiger partial charge in [-0.15, -0.1) is 0 Å². The molecule has 88 valence electrons. The van der Waals surface area contributed by atoms with E-state index in [2.05, 4.69) is 22.5 Å². The number of ether oxygens (including phenoxy) is 2. The summed E-state index contributed by atoms with van der Waals surface area (Å²) in [5.41, 5.74) is 2.09. The summed E-state index contributed by atoms with van der Waals surface area (Å²) in [5.74, 6) is 1.99. The van der Waals surface area contributed by atoms with Crippen molar-refractivity contribution < 1.29 is 9.47 Å². The maximum atomic E-state index is 5.42. The lowest BCUT2D eigenvalue weighted by atomic mass is 9.79. The molecule has 4 heteroatoms. The number of methoxy groups -OCH3 is 2. The Labute approximate surface area is 100 Å². The standard InChI is InChI=1S/C13H14N2O2/c1-16-10-7-8-3-5-14-9-4-6-15-12(11(8)9)13(10)17-2/h3-8,11,14H,1-2H3. The van der Waals surface area contributed by atoms with E-state index < -0.39 is 0 Å². The molecule has 2 atom stereocenters. The van der Waals surface area contributed by atoms with Gasteiger partial charge in [-0.05, 0) is 18.4 Å². The van der Waals surface area contributed by atoms with Crippen LogP contribution in [0.4, 0.5) is 0 Å². The van der Waals surface area contributed by atoms with Crippen molar-refractivity contribution in [1.82, 2.24) is 5.32 Å². The largest absolute Gasteiger partial charge is 0.493 e. The van der Waals surface area contributed by atoms with E-state index >= 15 is 0 Å². The molecule has 0 saturated heterocycles. The summed E-state index contributed by atoms with van der Waals surface area (Å²) in [4.78, 5) is 4.44. The predicted octanol–water partition coefficient (Wildman–Crippen LogP) is 1.71. The van der Waals surface area contributed by atoms with E-state index in [1.165, 1.54) is 0 Å². The highest BCUT2D eigenvalue weighted by atomic mass is 16.5. The molecule has 0 spiro atoms. The molecule has 1 aliphatic carbocycles. The van der Waals surface area contributed by atoms with Gasteiger partial charge in [-0.3, -0.25) is 4.99 Å². The summed E-state index contributed by atoms with van der Waals surface area (Å²) in [5, 5.41) is 3.26. The number of aliphatic imine (C=N–C) groups is 1. The zero-order valence-electron chi connectivity index (χ0n) is 9.81. The number of nitrogens with one attached hydrogen (secondary N) is 1. The van der Waals surface area contributed by atoms with Crippen molar-refractivity contribution in [2.75, 3.05) is 14.2 Å². The fraction of sp³-hybridized carbons (Fsp3) is 0.308. The minimum atomic E-state index is 0.221. The summed E-state index contributed by atoms with van der Waals surface area (Å²) in [6, 6.07) is 0. The predicted molar refractivity (Wildman–Crippen MR) is 65.0 cm³/mol. The van der Waals surface area contributed by atoms with Gasteiger partial charge in [0.2, 0.25) is 0 Å². The number of hydrogen-bond acceptors (Lipinski definition) is 4. The van der Waals surface area contributed by atoms with Crippen LogP contribution in [0.1, 0.15) is 0 Å². The van der Waals surface area contributed by atoms with Gasteiger partial charge in [-0.2, -0.15) is 0 Å². The van der Waals surface area contributed by atoms with Crippen molar-refractivity contribution in [2.45, 2.75) is 0 Å². The van der Waals surface area contributed by atoms with E-state index in [4.69, 9.17) is 9.47 Å². The van der Waals surface area contributed by atoms with Gasteiger partial charge in [0.15, 0.2) is 11.5 Å². The Morgan fingerprint density at radius 1 is 1.29 bits per heavy atom. The number of allylic oxidation sites excluding steroid dienone is 3. The topological polar surface area (TPSA) is 42.8 Å². The Morgan fingerprint density at radius 2 is 2.18 bits per heavy atom. The lowest BCUT2D eigenvalue weighted by Crippen LogP contribution is -2.32. The Bertz CT molecular complexity index is 498. The molecular weight excluding hydrogens is 216 g/mol. The lowest BCUT2D eigenvalue weighted by Gasteiger charge is -2.35. The highest BCUT2D eigenvalue weighted by molar-refractivity contribution is 5.76. The second kappa shape index (κ2) is 3.80. The summed E-state index contributed by atoms with van der Waals surface area (Å²) in [7, 11) is 3.30. The Balaban J connectivity index is 2.16. The molecule has 2 unspecified atom stereocenters. The number of hydrogen-bond donors (Lipinski definition) is 1. The van der Waals surface area contributed by atoms with Crippen LogP contribution in [-0.4, -0.2) is 20.4 Å². The number of nitrogens with zero attached hydrogens (tertiary/aromatic N) is 1. The maximum absolute atomic E-state index is 5.42. The van der Waals surface area contributed by atoms with Gasteiger partial charge in [0.05, 0.1) is 25.8 Å². The van der Waals surface area contributed by atoms with Gasteiger partial charge >= 0.3 is 0 Å². The van der Waals surface area contributed by atoms with Crippen LogP contribution in [0.25, 0.3) is 0 Å². The molecule has 0 amide bonds. The molecule has 3 rings (SSSR count). The molecule has 0 aromatic carbocycles. The average Bonchev–Trinajstić information content (AvgIpc) is 2.39. The fourth-order valence-corrected chi connectivity index (χ4v) is 2.52. The van der Waals surface area contributed by atoms with Crippen LogP contribution in [0.3, 0.4) is 0 Å². The van der Waals surface area contributed by atoms with Crippen LogP contribution in [0.2, 0.25) is 0 Å². The zero-order valence-corrected chi connectivity index (χ0v) is 9.81. The summed E-state index contributed by atoms with van der Waals surface area (Å²) in [6.07, 6.45) is 9.96. The first-order valence-electron chi connectivity index (χ1n) is 5.57. The third-order valence-electron chi connectivity index (χ3n) is 3.28. The molecule has 4 nitrogen and oxygen atoms in total. The van der Waals surface area contributed by atoms with E-state index in [1.54, 1.807) is 20.4 Å². The normalized spacial score (nSPS) is 29.1. The highest BCUT2D eigenvalue weighted by Gasteiger charge is 2.37. The highest BCUT2D eigenvalue weighted by Crippen LogP contribution is 2.42. The molecule has 2 aliphatic heterocycles. The van der Waals surface area contributed by atoms with Crippen LogP contribution >= 0.6 is 0 Å². The van der Waals surface area contributed by atoms with Crippen molar-refractivity contribution in [1.29, 1.82) is 0 Å². The van der Waals surface area contributed by atoms with Crippen LogP contribution < -0.4 is 5.32 Å². The van der Waals surface area contributed by atoms with E-state index in [0.29, 0.717) is 0 Å². The van der Waals surface area contributed by atoms with Crippen molar-refractivity contribution in [3.63, 3.8) is 0 Å². The Hall–Kier alpha value is -1.97. The average molecular weight is 230 g/mol. The number of dihydropyridines is 1. The van der Waals surface area contributed by atoms with E-state index in [-0.39, 0.29) is 11.8 Å². The van der Waals surface area contributed by atoms with Crippen molar-refractivity contribution in [2.24, 2.45) is 16.8 Å².